The van der Waals surface area contributed by atoms with E-state index in [1.807, 2.05) is 13.8 Å². The Morgan fingerprint density at radius 3 is 2.38 bits per heavy atom. The number of carboxylic acid groups (broad SMARTS) is 1. The molecule has 0 saturated carbocycles. The fourth-order valence-electron chi connectivity index (χ4n) is 1.17. The van der Waals surface area contributed by atoms with Crippen molar-refractivity contribution in [2.45, 2.75) is 39.7 Å². The van der Waals surface area contributed by atoms with Gasteiger partial charge in [0.05, 0.1) is 12.0 Å². The third-order valence-electron chi connectivity index (χ3n) is 2.86. The Morgan fingerprint density at radius 1 is 1.38 bits per heavy atom. The van der Waals surface area contributed by atoms with E-state index in [0.717, 1.165) is 6.42 Å². The number of nitrogens with one attached hydrogen (secondary N) is 1. The summed E-state index contributed by atoms with van der Waals surface area (Å²) in [5.74, 6) is -1.36. The van der Waals surface area contributed by atoms with E-state index in [-0.39, 0.29) is 11.8 Å². The number of amides is 1. The van der Waals surface area contributed by atoms with Gasteiger partial charge in [0.2, 0.25) is 5.91 Å². The van der Waals surface area contributed by atoms with Crippen LogP contribution in [0.2, 0.25) is 0 Å². The summed E-state index contributed by atoms with van der Waals surface area (Å²) in [6, 6.07) is -0.509. The summed E-state index contributed by atoms with van der Waals surface area (Å²) in [6.07, 6.45) is 1.27. The summed E-state index contributed by atoms with van der Waals surface area (Å²) < 4.78 is 0. The van der Waals surface area contributed by atoms with Gasteiger partial charge in [-0.2, -0.15) is 0 Å². The predicted octanol–water partition coefficient (Wildman–Crippen LogP) is 0.587. The molecule has 0 radical (unpaired) electrons. The smallest absolute Gasteiger partial charge is 0.306 e. The molecule has 0 rings (SSSR count). The van der Waals surface area contributed by atoms with Crippen LogP contribution < -0.4 is 11.1 Å². The first-order chi connectivity index (χ1) is 7.40. The molecule has 0 fully saturated rings. The van der Waals surface area contributed by atoms with Crippen LogP contribution in [0.1, 0.15) is 33.6 Å². The summed E-state index contributed by atoms with van der Waals surface area (Å²) in [5.41, 5.74) is 5.72. The van der Waals surface area contributed by atoms with Crippen LogP contribution in [-0.2, 0) is 9.59 Å². The van der Waals surface area contributed by atoms with Gasteiger partial charge in [0.25, 0.3) is 0 Å². The molecule has 16 heavy (non-hydrogen) atoms. The van der Waals surface area contributed by atoms with Gasteiger partial charge >= 0.3 is 5.97 Å². The monoisotopic (exact) mass is 230 g/mol. The van der Waals surface area contributed by atoms with Crippen LogP contribution in [-0.4, -0.2) is 29.6 Å². The lowest BCUT2D eigenvalue weighted by molar-refractivity contribution is -0.141. The maximum absolute atomic E-state index is 11.5. The van der Waals surface area contributed by atoms with E-state index in [9.17, 15) is 9.59 Å². The average Bonchev–Trinajstić information content (AvgIpc) is 2.26. The summed E-state index contributed by atoms with van der Waals surface area (Å²) in [7, 11) is 0. The van der Waals surface area contributed by atoms with Crippen LogP contribution >= 0.6 is 0 Å². The second-order valence-corrected chi connectivity index (χ2v) is 4.23. The Kier molecular flexibility index (Phi) is 6.72. The molecule has 0 saturated heterocycles. The molecule has 3 unspecified atom stereocenters. The minimum Gasteiger partial charge on any atom is -0.481 e. The molecule has 0 aliphatic heterocycles. The first-order valence-corrected chi connectivity index (χ1v) is 5.66. The van der Waals surface area contributed by atoms with Crippen LogP contribution in [0.4, 0.5) is 0 Å². The molecule has 1 amide bonds. The average molecular weight is 230 g/mol. The highest BCUT2D eigenvalue weighted by atomic mass is 16.4. The summed E-state index contributed by atoms with van der Waals surface area (Å²) >= 11 is 0. The van der Waals surface area contributed by atoms with Gasteiger partial charge in [-0.3, -0.25) is 9.59 Å². The third kappa shape index (κ3) is 5.11. The van der Waals surface area contributed by atoms with Crippen molar-refractivity contribution < 1.29 is 14.7 Å². The van der Waals surface area contributed by atoms with Crippen molar-refractivity contribution in [3.8, 4) is 0 Å². The largest absolute Gasteiger partial charge is 0.481 e. The van der Waals surface area contributed by atoms with Crippen molar-refractivity contribution in [3.63, 3.8) is 0 Å². The third-order valence-corrected chi connectivity index (χ3v) is 2.86. The van der Waals surface area contributed by atoms with Crippen LogP contribution in [0.15, 0.2) is 0 Å². The van der Waals surface area contributed by atoms with Gasteiger partial charge in [0.1, 0.15) is 0 Å². The van der Waals surface area contributed by atoms with Crippen LogP contribution in [0.5, 0.6) is 0 Å². The lowest BCUT2D eigenvalue weighted by atomic mass is 9.99. The Hall–Kier alpha value is -1.10. The molecule has 5 heteroatoms. The Labute approximate surface area is 96.4 Å². The molecule has 0 aliphatic carbocycles. The molecule has 0 aromatic carbocycles. The lowest BCUT2D eigenvalue weighted by Gasteiger charge is -2.18. The molecule has 0 heterocycles. The Morgan fingerprint density at radius 2 is 1.94 bits per heavy atom. The molecule has 0 aromatic rings. The zero-order chi connectivity index (χ0) is 12.7. The van der Waals surface area contributed by atoms with E-state index in [0.29, 0.717) is 13.0 Å². The van der Waals surface area contributed by atoms with Gasteiger partial charge in [-0.25, -0.2) is 0 Å². The van der Waals surface area contributed by atoms with Crippen molar-refractivity contribution in [1.82, 2.24) is 5.32 Å². The number of nitrogens with two attached hydrogens (primary N) is 1. The normalized spacial score (nSPS) is 16.2. The van der Waals surface area contributed by atoms with Crippen molar-refractivity contribution in [2.24, 2.45) is 17.6 Å². The number of aliphatic carboxylic acids is 1. The molecule has 0 spiro atoms. The number of hydrogen-bond acceptors (Lipinski definition) is 3. The quantitative estimate of drug-likeness (QED) is 0.596. The number of carbonyl (C=O) groups is 2. The maximum atomic E-state index is 11.5. The minimum atomic E-state index is -0.847. The minimum absolute atomic E-state index is 0.136. The van der Waals surface area contributed by atoms with Crippen molar-refractivity contribution >= 4 is 11.9 Å². The van der Waals surface area contributed by atoms with E-state index >= 15 is 0 Å². The second-order valence-electron chi connectivity index (χ2n) is 4.23. The second kappa shape index (κ2) is 7.22. The fraction of sp³-hybridized carbons (Fsp3) is 0.818. The predicted molar refractivity (Wildman–Crippen MR) is 61.9 cm³/mol. The lowest BCUT2D eigenvalue weighted by Crippen LogP contribution is -2.45. The van der Waals surface area contributed by atoms with Gasteiger partial charge in [-0.05, 0) is 12.3 Å². The van der Waals surface area contributed by atoms with E-state index < -0.39 is 17.9 Å². The molecular weight excluding hydrogens is 208 g/mol. The van der Waals surface area contributed by atoms with E-state index in [2.05, 4.69) is 5.32 Å². The molecule has 3 atom stereocenters. The topological polar surface area (TPSA) is 92.4 Å². The zero-order valence-electron chi connectivity index (χ0n) is 10.2. The van der Waals surface area contributed by atoms with Crippen molar-refractivity contribution in [2.75, 3.05) is 6.54 Å². The van der Waals surface area contributed by atoms with Gasteiger partial charge < -0.3 is 16.2 Å². The Bertz CT molecular complexity index is 243. The number of carbonyl (C=O) groups excluding carboxylic acids is 1. The highest BCUT2D eigenvalue weighted by Crippen LogP contribution is 2.05. The van der Waals surface area contributed by atoms with E-state index in [1.54, 1.807) is 6.92 Å². The van der Waals surface area contributed by atoms with Gasteiger partial charge in [0.15, 0.2) is 0 Å². The van der Waals surface area contributed by atoms with Gasteiger partial charge in [0, 0.05) is 6.54 Å². The molecule has 5 nitrogen and oxygen atoms in total. The molecule has 0 aromatic heterocycles. The first-order valence-electron chi connectivity index (χ1n) is 5.66. The van der Waals surface area contributed by atoms with Crippen LogP contribution in [0, 0.1) is 11.8 Å². The SMILES string of the molecule is CCC(C)C(N)C(=O)NCCC(C)C(=O)O. The molecule has 4 N–H and O–H groups in total. The highest BCUT2D eigenvalue weighted by molar-refractivity contribution is 5.81. The number of carboxylic acids is 1. The molecule has 94 valence electrons. The van der Waals surface area contributed by atoms with Gasteiger partial charge in [-0.1, -0.05) is 27.2 Å². The molecule has 0 bridgehead atoms. The highest BCUT2D eigenvalue weighted by Gasteiger charge is 2.19. The van der Waals surface area contributed by atoms with Crippen LogP contribution in [0.25, 0.3) is 0 Å². The summed E-state index contributed by atoms with van der Waals surface area (Å²) in [5, 5.41) is 11.3. The van der Waals surface area contributed by atoms with Crippen LogP contribution in [0.3, 0.4) is 0 Å². The first kappa shape index (κ1) is 14.9. The van der Waals surface area contributed by atoms with Crippen molar-refractivity contribution in [3.05, 3.63) is 0 Å². The van der Waals surface area contributed by atoms with Gasteiger partial charge in [-0.15, -0.1) is 0 Å². The summed E-state index contributed by atoms with van der Waals surface area (Å²) in [6.45, 7) is 5.87. The molecule has 0 aliphatic rings. The molecular formula is C11H22N2O3. The van der Waals surface area contributed by atoms with E-state index in [4.69, 9.17) is 10.8 Å². The van der Waals surface area contributed by atoms with E-state index in [1.165, 1.54) is 0 Å². The zero-order valence-corrected chi connectivity index (χ0v) is 10.2. The summed E-state index contributed by atoms with van der Waals surface area (Å²) in [4.78, 5) is 22.0. The maximum Gasteiger partial charge on any atom is 0.306 e. The van der Waals surface area contributed by atoms with Crippen molar-refractivity contribution in [1.29, 1.82) is 0 Å². The standard InChI is InChI=1S/C11H22N2O3/c1-4-7(2)9(12)10(14)13-6-5-8(3)11(15)16/h7-9H,4-6,12H2,1-3H3,(H,13,14)(H,15,16). The number of rotatable bonds is 7. The fourth-order valence-corrected chi connectivity index (χ4v) is 1.17. The Balaban J connectivity index is 3.85. The number of hydrogen-bond donors (Lipinski definition) is 3.